The molecule has 0 bridgehead atoms. The van der Waals surface area contributed by atoms with E-state index >= 15 is 0 Å². The van der Waals surface area contributed by atoms with Gasteiger partial charge in [0, 0.05) is 74.4 Å². The Balaban J connectivity index is 0.984. The van der Waals surface area contributed by atoms with Gasteiger partial charge in [-0.3, -0.25) is 20.0 Å². The van der Waals surface area contributed by atoms with Crippen molar-refractivity contribution >= 4 is 35.1 Å². The number of nitrogens with zero attached hydrogens (tertiary/aromatic N) is 4. The number of nitriles is 1. The molecule has 3 saturated heterocycles. The number of imide groups is 1. The summed E-state index contributed by atoms with van der Waals surface area (Å²) in [5.74, 6) is 1.31. The van der Waals surface area contributed by atoms with Crippen LogP contribution in [0.15, 0.2) is 67.0 Å². The van der Waals surface area contributed by atoms with Gasteiger partial charge in [0.2, 0.25) is 0 Å². The van der Waals surface area contributed by atoms with Crippen LogP contribution in [-0.2, 0) is 24.4 Å². The predicted octanol–water partition coefficient (Wildman–Crippen LogP) is 7.95. The van der Waals surface area contributed by atoms with Crippen molar-refractivity contribution in [3.8, 4) is 34.4 Å². The Morgan fingerprint density at radius 1 is 0.966 bits per heavy atom. The van der Waals surface area contributed by atoms with Gasteiger partial charge in [-0.2, -0.15) is 5.26 Å². The van der Waals surface area contributed by atoms with Crippen molar-refractivity contribution in [2.45, 2.75) is 75.9 Å². The molecular weight excluding hydrogens is 782 g/mol. The summed E-state index contributed by atoms with van der Waals surface area (Å²) in [7, 11) is 0. The highest BCUT2D eigenvalue weighted by Gasteiger charge is 2.50. The first-order chi connectivity index (χ1) is 28.0. The Labute approximate surface area is 347 Å². The van der Waals surface area contributed by atoms with E-state index in [1.54, 1.807) is 25.3 Å². The summed E-state index contributed by atoms with van der Waals surface area (Å²) in [6, 6.07) is 19.0. The van der Waals surface area contributed by atoms with Gasteiger partial charge < -0.3 is 24.4 Å². The number of rotatable bonds is 13. The Kier molecular flexibility index (Phi) is 11.5. The number of likely N-dealkylation sites (tertiary alicyclic amines) is 2. The van der Waals surface area contributed by atoms with E-state index in [-0.39, 0.29) is 18.6 Å². The zero-order valence-corrected chi connectivity index (χ0v) is 33.8. The molecule has 2 N–H and O–H groups in total. The lowest BCUT2D eigenvalue weighted by Gasteiger charge is -2.34. The van der Waals surface area contributed by atoms with Crippen LogP contribution in [0.1, 0.15) is 72.9 Å². The molecule has 4 aliphatic rings. The van der Waals surface area contributed by atoms with E-state index in [2.05, 4.69) is 43.6 Å². The summed E-state index contributed by atoms with van der Waals surface area (Å²) in [5.41, 5.74) is 4.02. The highest BCUT2D eigenvalue weighted by Crippen LogP contribution is 2.45. The molecule has 14 heteroatoms. The van der Waals surface area contributed by atoms with Gasteiger partial charge >= 0.3 is 6.03 Å². The second kappa shape index (κ2) is 16.7. The van der Waals surface area contributed by atoms with Crippen LogP contribution in [0.4, 0.5) is 9.18 Å². The average molecular weight is 828 g/mol. The van der Waals surface area contributed by atoms with Gasteiger partial charge in [-0.25, -0.2) is 9.18 Å². The summed E-state index contributed by atoms with van der Waals surface area (Å²) in [6.45, 7) is 6.07. The summed E-state index contributed by atoms with van der Waals surface area (Å²) in [5, 5.41) is 15.5. The predicted molar refractivity (Wildman–Crippen MR) is 218 cm³/mol. The monoisotopic (exact) mass is 826 g/mol. The lowest BCUT2D eigenvalue weighted by atomic mass is 9.96. The third-order valence-corrected chi connectivity index (χ3v) is 12.4. The largest absolute Gasteiger partial charge is 0.492 e. The molecule has 1 spiro atoms. The van der Waals surface area contributed by atoms with Gasteiger partial charge in [-0.15, -0.1) is 0 Å². The zero-order chi connectivity index (χ0) is 40.4. The number of alkyl halides is 1. The fourth-order valence-corrected chi connectivity index (χ4v) is 8.99. The van der Waals surface area contributed by atoms with Crippen LogP contribution >= 0.6 is 23.2 Å². The van der Waals surface area contributed by atoms with E-state index < -0.39 is 17.2 Å². The number of nitrogens with one attached hydrogen (secondary N) is 2. The van der Waals surface area contributed by atoms with E-state index in [1.165, 1.54) is 6.20 Å². The molecule has 0 saturated carbocycles. The van der Waals surface area contributed by atoms with Crippen LogP contribution in [0.2, 0.25) is 10.0 Å². The van der Waals surface area contributed by atoms with Gasteiger partial charge in [0.15, 0.2) is 0 Å². The Morgan fingerprint density at radius 3 is 2.55 bits per heavy atom. The number of hydrogen-bond acceptors (Lipinski definition) is 9. The maximum Gasteiger partial charge on any atom is 0.322 e. The molecule has 3 aliphatic heterocycles. The summed E-state index contributed by atoms with van der Waals surface area (Å²) < 4.78 is 33.5. The first kappa shape index (κ1) is 39.9. The molecule has 302 valence electrons. The minimum absolute atomic E-state index is 0.149. The fraction of sp³-hybridized carbons (Fsp3) is 0.409. The van der Waals surface area contributed by atoms with Crippen molar-refractivity contribution in [2.24, 2.45) is 0 Å². The number of aromatic nitrogens is 1. The Bertz CT molecular complexity index is 2260. The molecule has 3 aromatic carbocycles. The number of benzene rings is 3. The van der Waals surface area contributed by atoms with Gasteiger partial charge in [-0.1, -0.05) is 53.5 Å². The van der Waals surface area contributed by atoms with Gasteiger partial charge in [-0.05, 0) is 80.3 Å². The molecule has 3 fully saturated rings. The van der Waals surface area contributed by atoms with Crippen molar-refractivity contribution in [1.82, 2.24) is 25.4 Å². The van der Waals surface area contributed by atoms with Crippen molar-refractivity contribution < 1.29 is 28.2 Å². The Morgan fingerprint density at radius 2 is 1.76 bits per heavy atom. The van der Waals surface area contributed by atoms with E-state index in [0.717, 1.165) is 72.3 Å². The van der Waals surface area contributed by atoms with Gasteiger partial charge in [0.25, 0.3) is 5.91 Å². The number of urea groups is 1. The second-order valence-electron chi connectivity index (χ2n) is 15.9. The van der Waals surface area contributed by atoms with Crippen molar-refractivity contribution in [3.05, 3.63) is 105 Å². The maximum atomic E-state index is 14.2. The van der Waals surface area contributed by atoms with Crippen molar-refractivity contribution in [3.63, 3.8) is 0 Å². The minimum atomic E-state index is -1.06. The molecule has 4 heterocycles. The number of carbonyl (C=O) groups excluding carboxylic acids is 2. The normalized spacial score (nSPS) is 21.4. The van der Waals surface area contributed by atoms with Gasteiger partial charge in [0.1, 0.15) is 47.2 Å². The molecule has 1 aliphatic carbocycles. The standard InChI is InChI=1S/C44H45Cl2FN6O5/c1-43(47)11-15-52(16-12-43)14-4-18-56-37-8-3-7-34(40(37)46)31-5-2-6-33-32(31)9-10-36(33)58-39-21-38(57-26-29-19-28(22-48)23-49-24-29)30(20-35(39)45)25-53-17-13-44(27-53)41(54)50-42(55)51-44/h2-3,5-8,19-21,23-24,36H,4,9-18,25-27H2,1H3,(H2,50,51,54,55)/t36-,44?/m0/s1. The smallest absolute Gasteiger partial charge is 0.322 e. The molecule has 1 unspecified atom stereocenters. The van der Waals surface area contributed by atoms with Crippen LogP contribution in [0.25, 0.3) is 11.1 Å². The number of amides is 3. The molecular formula is C44H45Cl2FN6O5. The van der Waals surface area contributed by atoms with Crippen LogP contribution in [-0.4, -0.2) is 77.3 Å². The van der Waals surface area contributed by atoms with Crippen LogP contribution in [0.3, 0.4) is 0 Å². The molecule has 11 nitrogen and oxygen atoms in total. The lowest BCUT2D eigenvalue weighted by Crippen LogP contribution is -2.48. The summed E-state index contributed by atoms with van der Waals surface area (Å²) >= 11 is 14.0. The van der Waals surface area contributed by atoms with Crippen molar-refractivity contribution in [1.29, 1.82) is 5.26 Å². The topological polar surface area (TPSA) is 129 Å². The van der Waals surface area contributed by atoms with Crippen LogP contribution in [0.5, 0.6) is 17.2 Å². The number of piperidine rings is 1. The molecule has 8 rings (SSSR count). The first-order valence-electron chi connectivity index (χ1n) is 19.8. The molecule has 0 radical (unpaired) electrons. The number of hydrogen-bond donors (Lipinski definition) is 2. The minimum Gasteiger partial charge on any atom is -0.492 e. The second-order valence-corrected chi connectivity index (χ2v) is 16.7. The Hall–Kier alpha value is -4.93. The van der Waals surface area contributed by atoms with E-state index in [4.69, 9.17) is 37.4 Å². The fourth-order valence-electron chi connectivity index (χ4n) is 8.48. The average Bonchev–Trinajstić information content (AvgIpc) is 3.90. The zero-order valence-electron chi connectivity index (χ0n) is 32.3. The molecule has 58 heavy (non-hydrogen) atoms. The van der Waals surface area contributed by atoms with Crippen molar-refractivity contribution in [2.75, 3.05) is 39.3 Å². The number of ether oxygens (including phenoxy) is 3. The third-order valence-electron chi connectivity index (χ3n) is 11.7. The molecule has 4 aromatic rings. The number of carbonyl (C=O) groups is 2. The van der Waals surface area contributed by atoms with E-state index in [9.17, 15) is 19.2 Å². The number of halogens is 3. The van der Waals surface area contributed by atoms with E-state index in [1.807, 2.05) is 30.3 Å². The summed E-state index contributed by atoms with van der Waals surface area (Å²) in [6.07, 6.45) is 6.80. The van der Waals surface area contributed by atoms with E-state index in [0.29, 0.717) is 78.4 Å². The van der Waals surface area contributed by atoms with Gasteiger partial charge in [0.05, 0.1) is 22.2 Å². The highest BCUT2D eigenvalue weighted by atomic mass is 35.5. The van der Waals surface area contributed by atoms with Crippen LogP contribution in [0, 0.1) is 11.3 Å². The number of fused-ring (bicyclic) bond motifs is 1. The number of pyridine rings is 1. The maximum absolute atomic E-state index is 14.2. The molecule has 2 atom stereocenters. The highest BCUT2D eigenvalue weighted by molar-refractivity contribution is 6.35. The summed E-state index contributed by atoms with van der Waals surface area (Å²) in [4.78, 5) is 33.2. The molecule has 1 aromatic heterocycles. The first-order valence-corrected chi connectivity index (χ1v) is 20.5. The lowest BCUT2D eigenvalue weighted by molar-refractivity contribution is -0.123. The quantitative estimate of drug-likeness (QED) is 0.102. The SMILES string of the molecule is CC1(F)CCN(CCCOc2cccc(-c3cccc4c3CC[C@@H]4Oc3cc(OCc4cncc(C#N)c4)c(CN4CCC5(C4)NC(=O)NC5=O)cc3Cl)c2Cl)CC1. The molecule has 3 amide bonds. The third kappa shape index (κ3) is 8.59. The van der Waals surface area contributed by atoms with Crippen LogP contribution < -0.4 is 24.8 Å².